The summed E-state index contributed by atoms with van der Waals surface area (Å²) in [5.41, 5.74) is 0.723. The van der Waals surface area contributed by atoms with Gasteiger partial charge in [-0.25, -0.2) is 0 Å². The molecule has 4 rings (SSSR count). The number of hydrogen-bond donors (Lipinski definition) is 2. The van der Waals surface area contributed by atoms with Gasteiger partial charge in [0, 0.05) is 29.6 Å². The van der Waals surface area contributed by atoms with E-state index in [2.05, 4.69) is 10.6 Å². The molecule has 6 nitrogen and oxygen atoms in total. The Bertz CT molecular complexity index is 676. The Hall–Kier alpha value is -2.24. The van der Waals surface area contributed by atoms with Gasteiger partial charge in [-0.1, -0.05) is 12.8 Å². The predicted octanol–water partition coefficient (Wildman–Crippen LogP) is 3.22. The third-order valence-electron chi connectivity index (χ3n) is 5.81. The van der Waals surface area contributed by atoms with Crippen molar-refractivity contribution < 1.29 is 19.1 Å². The first kappa shape index (κ1) is 17.2. The molecule has 2 aliphatic carbocycles. The summed E-state index contributed by atoms with van der Waals surface area (Å²) in [6.45, 7) is 0.222. The lowest BCUT2D eigenvalue weighted by molar-refractivity contribution is -0.129. The van der Waals surface area contributed by atoms with Crippen molar-refractivity contribution >= 4 is 17.5 Å². The second kappa shape index (κ2) is 7.56. The third kappa shape index (κ3) is 3.79. The first-order valence-electron chi connectivity index (χ1n) is 9.70. The van der Waals surface area contributed by atoms with Gasteiger partial charge >= 0.3 is 0 Å². The lowest BCUT2D eigenvalue weighted by Gasteiger charge is -2.28. The van der Waals surface area contributed by atoms with E-state index in [4.69, 9.17) is 9.47 Å². The van der Waals surface area contributed by atoms with E-state index >= 15 is 0 Å². The number of hydrogen-bond acceptors (Lipinski definition) is 4. The summed E-state index contributed by atoms with van der Waals surface area (Å²) in [7, 11) is 0. The van der Waals surface area contributed by atoms with Crippen molar-refractivity contribution in [2.45, 2.75) is 57.4 Å². The van der Waals surface area contributed by atoms with Crippen LogP contribution in [-0.2, 0) is 9.59 Å². The second-order valence-electron chi connectivity index (χ2n) is 7.60. The van der Waals surface area contributed by atoms with Crippen molar-refractivity contribution in [3.8, 4) is 11.5 Å². The maximum atomic E-state index is 12.5. The number of rotatable bonds is 4. The average molecular weight is 358 g/mol. The molecule has 0 unspecified atom stereocenters. The zero-order valence-corrected chi connectivity index (χ0v) is 15.0. The van der Waals surface area contributed by atoms with Gasteiger partial charge in [-0.05, 0) is 50.7 Å². The standard InChI is InChI=1S/C20H26N2O4/c23-19(21-15-3-1-2-4-15)13-5-7-14(8-6-13)20(24)22-16-9-10-17-18(11-16)26-12-25-17/h9-11,13-15H,1-8,12H2,(H,21,23)(H,22,24). The van der Waals surface area contributed by atoms with Crippen LogP contribution in [0.15, 0.2) is 18.2 Å². The van der Waals surface area contributed by atoms with E-state index in [-0.39, 0.29) is 30.4 Å². The molecule has 6 heteroatoms. The second-order valence-corrected chi connectivity index (χ2v) is 7.60. The van der Waals surface area contributed by atoms with Crippen LogP contribution in [0.3, 0.4) is 0 Å². The van der Waals surface area contributed by atoms with Gasteiger partial charge in [0.2, 0.25) is 18.6 Å². The summed E-state index contributed by atoms with van der Waals surface area (Å²) in [5.74, 6) is 1.61. The van der Waals surface area contributed by atoms with Crippen LogP contribution in [0.1, 0.15) is 51.4 Å². The predicted molar refractivity (Wildman–Crippen MR) is 97.0 cm³/mol. The average Bonchev–Trinajstić information content (AvgIpc) is 3.33. The van der Waals surface area contributed by atoms with Gasteiger partial charge < -0.3 is 20.1 Å². The maximum absolute atomic E-state index is 12.5. The molecular formula is C20H26N2O4. The number of ether oxygens (including phenoxy) is 2. The Balaban J connectivity index is 1.26. The van der Waals surface area contributed by atoms with Crippen molar-refractivity contribution in [2.75, 3.05) is 12.1 Å². The summed E-state index contributed by atoms with van der Waals surface area (Å²) < 4.78 is 10.6. The van der Waals surface area contributed by atoms with Crippen molar-refractivity contribution in [1.82, 2.24) is 5.32 Å². The molecule has 26 heavy (non-hydrogen) atoms. The van der Waals surface area contributed by atoms with Crippen LogP contribution in [0.4, 0.5) is 5.69 Å². The fraction of sp³-hybridized carbons (Fsp3) is 0.600. The fourth-order valence-corrected chi connectivity index (χ4v) is 4.23. The minimum atomic E-state index is -0.0315. The van der Waals surface area contributed by atoms with Gasteiger partial charge in [0.05, 0.1) is 0 Å². The Kier molecular flexibility index (Phi) is 5.00. The molecule has 3 aliphatic rings. The number of fused-ring (bicyclic) bond motifs is 1. The number of nitrogens with one attached hydrogen (secondary N) is 2. The van der Waals surface area contributed by atoms with E-state index in [0.717, 1.165) is 44.2 Å². The molecule has 0 atom stereocenters. The molecule has 1 aromatic rings. The number of amides is 2. The first-order valence-corrected chi connectivity index (χ1v) is 9.70. The largest absolute Gasteiger partial charge is 0.454 e. The van der Waals surface area contributed by atoms with E-state index in [0.29, 0.717) is 17.5 Å². The van der Waals surface area contributed by atoms with Crippen LogP contribution in [0, 0.1) is 11.8 Å². The van der Waals surface area contributed by atoms with Gasteiger partial charge in [0.25, 0.3) is 0 Å². The number of anilines is 1. The van der Waals surface area contributed by atoms with Crippen LogP contribution >= 0.6 is 0 Å². The van der Waals surface area contributed by atoms with E-state index in [9.17, 15) is 9.59 Å². The van der Waals surface area contributed by atoms with Crippen LogP contribution < -0.4 is 20.1 Å². The number of benzene rings is 1. The van der Waals surface area contributed by atoms with Crippen LogP contribution in [0.25, 0.3) is 0 Å². The highest BCUT2D eigenvalue weighted by Crippen LogP contribution is 2.35. The molecule has 1 aromatic carbocycles. The molecule has 2 N–H and O–H groups in total. The van der Waals surface area contributed by atoms with Gasteiger partial charge in [0.1, 0.15) is 0 Å². The van der Waals surface area contributed by atoms with Crippen LogP contribution in [0.2, 0.25) is 0 Å². The molecule has 0 bridgehead atoms. The zero-order valence-electron chi connectivity index (χ0n) is 15.0. The molecule has 0 radical (unpaired) electrons. The zero-order chi connectivity index (χ0) is 17.9. The van der Waals surface area contributed by atoms with Gasteiger partial charge in [-0.2, -0.15) is 0 Å². The molecule has 1 heterocycles. The molecular weight excluding hydrogens is 332 g/mol. The molecule has 1 aliphatic heterocycles. The first-order chi connectivity index (χ1) is 12.7. The van der Waals surface area contributed by atoms with Crippen molar-refractivity contribution in [3.05, 3.63) is 18.2 Å². The van der Waals surface area contributed by atoms with Crippen molar-refractivity contribution in [1.29, 1.82) is 0 Å². The van der Waals surface area contributed by atoms with Crippen LogP contribution in [0.5, 0.6) is 11.5 Å². The highest BCUT2D eigenvalue weighted by molar-refractivity contribution is 5.93. The lowest BCUT2D eigenvalue weighted by Crippen LogP contribution is -2.39. The molecule has 140 valence electrons. The van der Waals surface area contributed by atoms with Crippen LogP contribution in [-0.4, -0.2) is 24.6 Å². The number of carbonyl (C=O) groups is 2. The monoisotopic (exact) mass is 358 g/mol. The summed E-state index contributed by atoms with van der Waals surface area (Å²) >= 11 is 0. The van der Waals surface area contributed by atoms with Gasteiger partial charge in [-0.15, -0.1) is 0 Å². The molecule has 0 aromatic heterocycles. The minimum absolute atomic E-state index is 0.0264. The van der Waals surface area contributed by atoms with E-state index in [1.807, 2.05) is 12.1 Å². The minimum Gasteiger partial charge on any atom is -0.454 e. The highest BCUT2D eigenvalue weighted by Gasteiger charge is 2.31. The molecule has 2 saturated carbocycles. The molecule has 0 spiro atoms. The van der Waals surface area contributed by atoms with Crippen molar-refractivity contribution in [2.24, 2.45) is 11.8 Å². The van der Waals surface area contributed by atoms with Gasteiger partial charge in [-0.3, -0.25) is 9.59 Å². The van der Waals surface area contributed by atoms with E-state index < -0.39 is 0 Å². The molecule has 2 fully saturated rings. The molecule has 0 saturated heterocycles. The summed E-state index contributed by atoms with van der Waals surface area (Å²) in [6, 6.07) is 5.80. The Labute approximate surface area is 153 Å². The van der Waals surface area contributed by atoms with Crippen molar-refractivity contribution in [3.63, 3.8) is 0 Å². The van der Waals surface area contributed by atoms with E-state index in [1.165, 1.54) is 12.8 Å². The topological polar surface area (TPSA) is 76.7 Å². The lowest BCUT2D eigenvalue weighted by atomic mass is 9.81. The Morgan fingerprint density at radius 1 is 0.846 bits per heavy atom. The number of carbonyl (C=O) groups excluding carboxylic acids is 2. The summed E-state index contributed by atoms with van der Waals surface area (Å²) in [4.78, 5) is 24.9. The fourth-order valence-electron chi connectivity index (χ4n) is 4.23. The highest BCUT2D eigenvalue weighted by atomic mass is 16.7. The van der Waals surface area contributed by atoms with E-state index in [1.54, 1.807) is 6.07 Å². The quantitative estimate of drug-likeness (QED) is 0.866. The summed E-state index contributed by atoms with van der Waals surface area (Å²) in [5, 5.41) is 6.16. The van der Waals surface area contributed by atoms with Gasteiger partial charge in [0.15, 0.2) is 11.5 Å². The maximum Gasteiger partial charge on any atom is 0.231 e. The normalized spacial score (nSPS) is 25.1. The SMILES string of the molecule is O=C(Nc1ccc2c(c1)OCO2)C1CCC(C(=O)NC2CCCC2)CC1. The Morgan fingerprint density at radius 3 is 2.23 bits per heavy atom. The summed E-state index contributed by atoms with van der Waals surface area (Å²) in [6.07, 6.45) is 7.77. The third-order valence-corrected chi connectivity index (χ3v) is 5.81. The Morgan fingerprint density at radius 2 is 1.50 bits per heavy atom. The smallest absolute Gasteiger partial charge is 0.231 e. The molecule has 2 amide bonds.